The van der Waals surface area contributed by atoms with Crippen molar-refractivity contribution in [3.05, 3.63) is 24.2 Å². The molecule has 20 heavy (non-hydrogen) atoms. The van der Waals surface area contributed by atoms with E-state index in [-0.39, 0.29) is 30.2 Å². The maximum absolute atomic E-state index is 12.3. The molecule has 1 aromatic rings. The second-order valence-corrected chi connectivity index (χ2v) is 5.08. The van der Waals surface area contributed by atoms with Gasteiger partial charge in [0.25, 0.3) is 5.91 Å². The number of amides is 2. The van der Waals surface area contributed by atoms with Crippen molar-refractivity contribution in [1.29, 1.82) is 0 Å². The molecule has 2 atom stereocenters. The molecule has 2 amide bonds. The molecule has 6 nitrogen and oxygen atoms in total. The van der Waals surface area contributed by atoms with Crippen molar-refractivity contribution in [3.63, 3.8) is 0 Å². The molecule has 0 saturated carbocycles. The molecule has 1 fully saturated rings. The molecule has 1 aromatic heterocycles. The number of aliphatic hydroxyl groups excluding tert-OH is 1. The third-order valence-corrected chi connectivity index (χ3v) is 3.46. The normalized spacial score (nSPS) is 20.5. The van der Waals surface area contributed by atoms with E-state index in [0.29, 0.717) is 13.0 Å². The number of aliphatic hydroxyl groups is 1. The second-order valence-electron chi connectivity index (χ2n) is 5.08. The molecule has 0 bridgehead atoms. The van der Waals surface area contributed by atoms with Crippen LogP contribution in [0.3, 0.4) is 0 Å². The molecule has 1 saturated heterocycles. The van der Waals surface area contributed by atoms with Gasteiger partial charge in [0.15, 0.2) is 5.76 Å². The van der Waals surface area contributed by atoms with E-state index in [1.807, 2.05) is 0 Å². The third kappa shape index (κ3) is 3.19. The van der Waals surface area contributed by atoms with Gasteiger partial charge < -0.3 is 19.7 Å². The van der Waals surface area contributed by atoms with Gasteiger partial charge in [0.2, 0.25) is 5.91 Å². The van der Waals surface area contributed by atoms with Crippen LogP contribution in [-0.2, 0) is 4.79 Å². The first-order valence-electron chi connectivity index (χ1n) is 6.89. The van der Waals surface area contributed by atoms with Crippen LogP contribution < -0.4 is 5.32 Å². The van der Waals surface area contributed by atoms with Crippen LogP contribution in [0.4, 0.5) is 0 Å². The summed E-state index contributed by atoms with van der Waals surface area (Å²) >= 11 is 0. The summed E-state index contributed by atoms with van der Waals surface area (Å²) in [5.41, 5.74) is 0. The fraction of sp³-hybridized carbons (Fsp3) is 0.571. The van der Waals surface area contributed by atoms with Crippen LogP contribution >= 0.6 is 0 Å². The van der Waals surface area contributed by atoms with Gasteiger partial charge in [0.1, 0.15) is 6.04 Å². The Balaban J connectivity index is 2.09. The zero-order valence-corrected chi connectivity index (χ0v) is 11.5. The van der Waals surface area contributed by atoms with E-state index in [9.17, 15) is 9.59 Å². The van der Waals surface area contributed by atoms with E-state index in [1.165, 1.54) is 6.26 Å². The molecule has 0 spiro atoms. The SMILES string of the molecule is CC(CO)NC(=O)C1CCCCN1C(=O)c1ccco1. The summed E-state index contributed by atoms with van der Waals surface area (Å²) in [4.78, 5) is 26.1. The number of hydrogen-bond acceptors (Lipinski definition) is 4. The number of carbonyl (C=O) groups excluding carboxylic acids is 2. The highest BCUT2D eigenvalue weighted by atomic mass is 16.3. The minimum Gasteiger partial charge on any atom is -0.459 e. The Hall–Kier alpha value is -1.82. The molecule has 1 aliphatic heterocycles. The summed E-state index contributed by atoms with van der Waals surface area (Å²) in [5.74, 6) is -0.224. The predicted molar refractivity (Wildman–Crippen MR) is 72.1 cm³/mol. The summed E-state index contributed by atoms with van der Waals surface area (Å²) in [6.45, 7) is 2.15. The van der Waals surface area contributed by atoms with Crippen LogP contribution in [0.25, 0.3) is 0 Å². The molecule has 1 aliphatic rings. The molecule has 0 aromatic carbocycles. The summed E-state index contributed by atoms with van der Waals surface area (Å²) in [7, 11) is 0. The highest BCUT2D eigenvalue weighted by Gasteiger charge is 2.33. The van der Waals surface area contributed by atoms with E-state index in [2.05, 4.69) is 5.32 Å². The molecular formula is C14H20N2O4. The summed E-state index contributed by atoms with van der Waals surface area (Å²) in [5, 5.41) is 11.7. The van der Waals surface area contributed by atoms with Crippen molar-refractivity contribution < 1.29 is 19.1 Å². The molecule has 6 heteroatoms. The molecule has 2 rings (SSSR count). The lowest BCUT2D eigenvalue weighted by molar-refractivity contribution is -0.127. The fourth-order valence-electron chi connectivity index (χ4n) is 2.37. The van der Waals surface area contributed by atoms with Crippen molar-refractivity contribution in [2.75, 3.05) is 13.2 Å². The van der Waals surface area contributed by atoms with E-state index < -0.39 is 6.04 Å². The molecule has 110 valence electrons. The quantitative estimate of drug-likeness (QED) is 0.853. The Morgan fingerprint density at radius 1 is 1.55 bits per heavy atom. The maximum Gasteiger partial charge on any atom is 0.290 e. The standard InChI is InChI=1S/C14H20N2O4/c1-10(9-17)15-13(18)11-5-2-3-7-16(11)14(19)12-6-4-8-20-12/h4,6,8,10-11,17H,2-3,5,7,9H2,1H3,(H,15,18). The van der Waals surface area contributed by atoms with Gasteiger partial charge in [-0.05, 0) is 38.3 Å². The number of rotatable bonds is 4. The minimum atomic E-state index is -0.490. The zero-order valence-electron chi connectivity index (χ0n) is 11.5. The Labute approximate surface area is 117 Å². The van der Waals surface area contributed by atoms with Gasteiger partial charge >= 0.3 is 0 Å². The molecule has 2 heterocycles. The largest absolute Gasteiger partial charge is 0.459 e. The van der Waals surface area contributed by atoms with Crippen LogP contribution in [0, 0.1) is 0 Å². The lowest BCUT2D eigenvalue weighted by Crippen LogP contribution is -2.53. The van der Waals surface area contributed by atoms with E-state index in [1.54, 1.807) is 24.0 Å². The maximum atomic E-state index is 12.3. The molecular weight excluding hydrogens is 260 g/mol. The highest BCUT2D eigenvalue weighted by Crippen LogP contribution is 2.20. The lowest BCUT2D eigenvalue weighted by Gasteiger charge is -2.34. The molecule has 0 aliphatic carbocycles. The summed E-state index contributed by atoms with van der Waals surface area (Å²) in [6, 6.07) is 2.45. The Bertz CT molecular complexity index is 458. The first kappa shape index (κ1) is 14.6. The number of carbonyl (C=O) groups is 2. The number of likely N-dealkylation sites (tertiary alicyclic amines) is 1. The summed E-state index contributed by atoms with van der Waals surface area (Å²) in [6.07, 6.45) is 3.87. The molecule has 2 N–H and O–H groups in total. The Kier molecular flexibility index (Phi) is 4.79. The smallest absolute Gasteiger partial charge is 0.290 e. The van der Waals surface area contributed by atoms with E-state index in [0.717, 1.165) is 12.8 Å². The van der Waals surface area contributed by atoms with Gasteiger partial charge in [-0.3, -0.25) is 9.59 Å². The van der Waals surface area contributed by atoms with Crippen molar-refractivity contribution in [2.24, 2.45) is 0 Å². The average molecular weight is 280 g/mol. The van der Waals surface area contributed by atoms with Gasteiger partial charge in [0, 0.05) is 12.6 Å². The van der Waals surface area contributed by atoms with Gasteiger partial charge in [-0.25, -0.2) is 0 Å². The molecule has 0 radical (unpaired) electrons. The number of piperidine rings is 1. The van der Waals surface area contributed by atoms with Crippen LogP contribution in [0.2, 0.25) is 0 Å². The van der Waals surface area contributed by atoms with Crippen LogP contribution in [0.15, 0.2) is 22.8 Å². The van der Waals surface area contributed by atoms with Crippen molar-refractivity contribution in [3.8, 4) is 0 Å². The fourth-order valence-corrected chi connectivity index (χ4v) is 2.37. The Morgan fingerprint density at radius 2 is 2.35 bits per heavy atom. The van der Waals surface area contributed by atoms with Gasteiger partial charge in [-0.15, -0.1) is 0 Å². The number of nitrogens with one attached hydrogen (secondary N) is 1. The number of furan rings is 1. The Morgan fingerprint density at radius 3 is 3.00 bits per heavy atom. The van der Waals surface area contributed by atoms with E-state index in [4.69, 9.17) is 9.52 Å². The number of hydrogen-bond donors (Lipinski definition) is 2. The first-order valence-corrected chi connectivity index (χ1v) is 6.89. The van der Waals surface area contributed by atoms with Crippen molar-refractivity contribution >= 4 is 11.8 Å². The highest BCUT2D eigenvalue weighted by molar-refractivity contribution is 5.95. The third-order valence-electron chi connectivity index (χ3n) is 3.46. The zero-order chi connectivity index (χ0) is 14.5. The van der Waals surface area contributed by atoms with E-state index >= 15 is 0 Å². The van der Waals surface area contributed by atoms with Crippen LogP contribution in [0.5, 0.6) is 0 Å². The van der Waals surface area contributed by atoms with Crippen LogP contribution in [-0.4, -0.2) is 47.1 Å². The molecule has 2 unspecified atom stereocenters. The predicted octanol–water partition coefficient (Wildman–Crippen LogP) is 0.771. The van der Waals surface area contributed by atoms with Crippen LogP contribution in [0.1, 0.15) is 36.7 Å². The monoisotopic (exact) mass is 280 g/mol. The van der Waals surface area contributed by atoms with Gasteiger partial charge in [-0.1, -0.05) is 0 Å². The minimum absolute atomic E-state index is 0.120. The first-order chi connectivity index (χ1) is 9.63. The number of nitrogens with zero attached hydrogens (tertiary/aromatic N) is 1. The lowest BCUT2D eigenvalue weighted by atomic mass is 10.0. The topological polar surface area (TPSA) is 82.8 Å². The van der Waals surface area contributed by atoms with Gasteiger partial charge in [-0.2, -0.15) is 0 Å². The van der Waals surface area contributed by atoms with Crippen molar-refractivity contribution in [1.82, 2.24) is 10.2 Å². The second kappa shape index (κ2) is 6.56. The summed E-state index contributed by atoms with van der Waals surface area (Å²) < 4.78 is 5.12. The van der Waals surface area contributed by atoms with Crippen molar-refractivity contribution in [2.45, 2.75) is 38.3 Å². The van der Waals surface area contributed by atoms with Gasteiger partial charge in [0.05, 0.1) is 12.9 Å². The average Bonchev–Trinajstić information content (AvgIpc) is 3.00.